The zero-order chi connectivity index (χ0) is 29.6. The van der Waals surface area contributed by atoms with Crippen molar-refractivity contribution < 1.29 is 18.0 Å². The minimum atomic E-state index is -4.26. The van der Waals surface area contributed by atoms with Crippen molar-refractivity contribution in [3.8, 4) is 0 Å². The summed E-state index contributed by atoms with van der Waals surface area (Å²) in [6.07, 6.45) is 0.277. The predicted octanol–water partition coefficient (Wildman–Crippen LogP) is 6.83. The van der Waals surface area contributed by atoms with Crippen molar-refractivity contribution in [2.75, 3.05) is 10.8 Å². The molecule has 3 aromatic rings. The summed E-state index contributed by atoms with van der Waals surface area (Å²) in [5.74, 6) is -0.991. The maximum Gasteiger partial charge on any atom is 0.264 e. The van der Waals surface area contributed by atoms with Gasteiger partial charge in [0.2, 0.25) is 11.8 Å². The highest BCUT2D eigenvalue weighted by Gasteiger charge is 2.34. The van der Waals surface area contributed by atoms with E-state index >= 15 is 0 Å². The molecule has 7 nitrogen and oxygen atoms in total. The fourth-order valence-electron chi connectivity index (χ4n) is 4.05. The van der Waals surface area contributed by atoms with Crippen molar-refractivity contribution in [2.24, 2.45) is 0 Å². The molecule has 0 spiro atoms. The van der Waals surface area contributed by atoms with Crippen LogP contribution in [0.3, 0.4) is 0 Å². The molecule has 1 N–H and O–H groups in total. The Morgan fingerprint density at radius 2 is 1.55 bits per heavy atom. The zero-order valence-electron chi connectivity index (χ0n) is 22.1. The minimum Gasteiger partial charge on any atom is -0.352 e. The molecule has 0 saturated heterocycles. The topological polar surface area (TPSA) is 86.8 Å². The van der Waals surface area contributed by atoms with Gasteiger partial charge in [0.15, 0.2) is 0 Å². The SMILES string of the molecule is CC[C@@H](C(=O)NC(C)C)N(Cc1ccc(Cl)c(Cl)c1)C(=O)CN(c1ccc(Cl)cc1Cl)S(=O)(=O)c1ccccc1. The molecule has 1 atom stereocenters. The summed E-state index contributed by atoms with van der Waals surface area (Å²) < 4.78 is 28.6. The summed E-state index contributed by atoms with van der Waals surface area (Å²) >= 11 is 24.8. The van der Waals surface area contributed by atoms with Gasteiger partial charge in [-0.2, -0.15) is 0 Å². The smallest absolute Gasteiger partial charge is 0.264 e. The van der Waals surface area contributed by atoms with Gasteiger partial charge in [-0.3, -0.25) is 13.9 Å². The molecule has 0 fully saturated rings. The van der Waals surface area contributed by atoms with Crippen molar-refractivity contribution in [3.05, 3.63) is 92.4 Å². The molecule has 3 aromatic carbocycles. The first kappa shape index (κ1) is 32.0. The van der Waals surface area contributed by atoms with Gasteiger partial charge in [-0.1, -0.05) is 77.6 Å². The molecule has 0 aliphatic rings. The number of rotatable bonds is 11. The van der Waals surface area contributed by atoms with Gasteiger partial charge in [0.1, 0.15) is 12.6 Å². The number of amides is 2. The second-order valence-corrected chi connectivity index (χ2v) is 12.8. The van der Waals surface area contributed by atoms with Crippen LogP contribution >= 0.6 is 46.4 Å². The third kappa shape index (κ3) is 7.83. The minimum absolute atomic E-state index is 0.0205. The normalized spacial score (nSPS) is 12.2. The Bertz CT molecular complexity index is 1470. The highest BCUT2D eigenvalue weighted by Crippen LogP contribution is 2.33. The van der Waals surface area contributed by atoms with Crippen LogP contribution in [0.4, 0.5) is 5.69 Å². The summed E-state index contributed by atoms with van der Waals surface area (Å²) in [6, 6.07) is 15.8. The summed E-state index contributed by atoms with van der Waals surface area (Å²) in [6.45, 7) is 4.74. The number of nitrogens with one attached hydrogen (secondary N) is 1. The maximum absolute atomic E-state index is 14.0. The van der Waals surface area contributed by atoms with Crippen molar-refractivity contribution >= 4 is 73.9 Å². The number of hydrogen-bond donors (Lipinski definition) is 1. The molecule has 12 heteroatoms. The van der Waals surface area contributed by atoms with Crippen LogP contribution in [0, 0.1) is 0 Å². The number of halogens is 4. The Kier molecular flexibility index (Phi) is 11.1. The second-order valence-electron chi connectivity index (χ2n) is 9.28. The number of benzene rings is 3. The monoisotopic (exact) mass is 643 g/mol. The number of carbonyl (C=O) groups is 2. The number of sulfonamides is 1. The van der Waals surface area contributed by atoms with Crippen LogP contribution in [0.25, 0.3) is 0 Å². The van der Waals surface area contributed by atoms with Crippen LogP contribution in [0.5, 0.6) is 0 Å². The van der Waals surface area contributed by atoms with Gasteiger partial charge >= 0.3 is 0 Å². The molecule has 0 aromatic heterocycles. The number of nitrogens with zero attached hydrogens (tertiary/aromatic N) is 2. The number of carbonyl (C=O) groups excluding carboxylic acids is 2. The van der Waals surface area contributed by atoms with E-state index in [4.69, 9.17) is 46.4 Å². The highest BCUT2D eigenvalue weighted by molar-refractivity contribution is 7.92. The summed E-state index contributed by atoms with van der Waals surface area (Å²) in [7, 11) is -4.26. The van der Waals surface area contributed by atoms with Crippen LogP contribution in [0.1, 0.15) is 32.8 Å². The Morgan fingerprint density at radius 1 is 0.875 bits per heavy atom. The van der Waals surface area contributed by atoms with Gasteiger partial charge in [-0.25, -0.2) is 8.42 Å². The lowest BCUT2D eigenvalue weighted by Gasteiger charge is -2.33. The number of anilines is 1. The molecule has 0 saturated carbocycles. The van der Waals surface area contributed by atoms with E-state index < -0.39 is 28.5 Å². The van der Waals surface area contributed by atoms with E-state index in [-0.39, 0.29) is 45.5 Å². The molecule has 0 radical (unpaired) electrons. The standard InChI is InChI=1S/C28H29Cl4N3O4S/c1-4-25(28(37)33-18(2)3)34(16-19-10-12-22(30)23(31)14-19)27(36)17-35(26-13-11-20(29)15-24(26)32)40(38,39)21-8-6-5-7-9-21/h5-15,18,25H,4,16-17H2,1-3H3,(H,33,37)/t25-/m0/s1. The van der Waals surface area contributed by atoms with Crippen molar-refractivity contribution in [3.63, 3.8) is 0 Å². The van der Waals surface area contributed by atoms with Crippen LogP contribution in [-0.2, 0) is 26.2 Å². The molecule has 0 bridgehead atoms. The third-order valence-electron chi connectivity index (χ3n) is 5.94. The zero-order valence-corrected chi connectivity index (χ0v) is 25.9. The first-order valence-electron chi connectivity index (χ1n) is 12.4. The van der Waals surface area contributed by atoms with Crippen LogP contribution < -0.4 is 9.62 Å². The van der Waals surface area contributed by atoms with Gasteiger partial charge in [0.25, 0.3) is 10.0 Å². The lowest BCUT2D eigenvalue weighted by atomic mass is 10.1. The van der Waals surface area contributed by atoms with Crippen LogP contribution in [0.2, 0.25) is 20.1 Å². The molecule has 0 unspecified atom stereocenters. The highest BCUT2D eigenvalue weighted by atomic mass is 35.5. The average molecular weight is 645 g/mol. The largest absolute Gasteiger partial charge is 0.352 e. The first-order chi connectivity index (χ1) is 18.8. The van der Waals surface area contributed by atoms with E-state index in [0.29, 0.717) is 15.6 Å². The van der Waals surface area contributed by atoms with Gasteiger partial charge in [-0.15, -0.1) is 0 Å². The van der Waals surface area contributed by atoms with Crippen molar-refractivity contribution in [1.29, 1.82) is 0 Å². The maximum atomic E-state index is 14.0. The molecule has 3 rings (SSSR count). The predicted molar refractivity (Wildman–Crippen MR) is 162 cm³/mol. The van der Waals surface area contributed by atoms with Crippen LogP contribution in [-0.4, -0.2) is 43.8 Å². The molecule has 0 aliphatic heterocycles. The quantitative estimate of drug-likeness (QED) is 0.248. The van der Waals surface area contributed by atoms with E-state index in [2.05, 4.69) is 5.32 Å². The molecular formula is C28H29Cl4N3O4S. The molecule has 0 aliphatic carbocycles. The van der Waals surface area contributed by atoms with E-state index in [1.807, 2.05) is 13.8 Å². The summed E-state index contributed by atoms with van der Waals surface area (Å²) in [5, 5.41) is 3.81. The lowest BCUT2D eigenvalue weighted by Crippen LogP contribution is -2.53. The fourth-order valence-corrected chi connectivity index (χ4v) is 6.39. The molecule has 2 amide bonds. The van der Waals surface area contributed by atoms with Crippen molar-refractivity contribution in [2.45, 2.75) is 50.7 Å². The Labute approximate surface area is 255 Å². The van der Waals surface area contributed by atoms with E-state index in [9.17, 15) is 18.0 Å². The average Bonchev–Trinajstić information content (AvgIpc) is 2.89. The Morgan fingerprint density at radius 3 is 2.12 bits per heavy atom. The molecule has 40 heavy (non-hydrogen) atoms. The Hall–Kier alpha value is -2.49. The second kappa shape index (κ2) is 13.9. The van der Waals surface area contributed by atoms with E-state index in [1.54, 1.807) is 43.3 Å². The van der Waals surface area contributed by atoms with E-state index in [0.717, 1.165) is 4.31 Å². The number of hydrogen-bond acceptors (Lipinski definition) is 4. The van der Waals surface area contributed by atoms with Crippen molar-refractivity contribution in [1.82, 2.24) is 10.2 Å². The Balaban J connectivity index is 2.10. The lowest BCUT2D eigenvalue weighted by molar-refractivity contribution is -0.140. The van der Waals surface area contributed by atoms with E-state index in [1.165, 1.54) is 35.2 Å². The first-order valence-corrected chi connectivity index (χ1v) is 15.4. The van der Waals surface area contributed by atoms with Gasteiger partial charge in [0.05, 0.1) is 25.7 Å². The molecule has 0 heterocycles. The fraction of sp³-hybridized carbons (Fsp3) is 0.286. The molecular weight excluding hydrogens is 616 g/mol. The van der Waals surface area contributed by atoms with Gasteiger partial charge < -0.3 is 10.2 Å². The van der Waals surface area contributed by atoms with Gasteiger partial charge in [-0.05, 0) is 68.3 Å². The molecule has 214 valence electrons. The summed E-state index contributed by atoms with van der Waals surface area (Å²) in [5.41, 5.74) is 0.679. The summed E-state index contributed by atoms with van der Waals surface area (Å²) in [4.78, 5) is 28.5. The van der Waals surface area contributed by atoms with Gasteiger partial charge in [0, 0.05) is 17.6 Å². The van der Waals surface area contributed by atoms with Crippen LogP contribution in [0.15, 0.2) is 71.6 Å². The third-order valence-corrected chi connectivity index (χ3v) is 8.99.